The maximum atomic E-state index is 11.6. The lowest BCUT2D eigenvalue weighted by molar-refractivity contribution is -0.137. The van der Waals surface area contributed by atoms with E-state index >= 15 is 0 Å². The highest BCUT2D eigenvalue weighted by Gasteiger charge is 1.98. The molecule has 21 heavy (non-hydrogen) atoms. The molecule has 3 heteroatoms. The van der Waals surface area contributed by atoms with E-state index in [0.717, 1.165) is 24.1 Å². The number of nitrogens with zero attached hydrogens (tertiary/aromatic N) is 1. The summed E-state index contributed by atoms with van der Waals surface area (Å²) in [4.78, 5) is 13.6. The van der Waals surface area contributed by atoms with Crippen molar-refractivity contribution in [3.05, 3.63) is 35.9 Å². The van der Waals surface area contributed by atoms with Crippen molar-refractivity contribution < 1.29 is 9.53 Å². The average Bonchev–Trinajstić information content (AvgIpc) is 2.49. The van der Waals surface area contributed by atoms with Crippen molar-refractivity contribution in [2.75, 3.05) is 25.6 Å². The molecule has 1 aromatic rings. The van der Waals surface area contributed by atoms with Crippen LogP contribution in [0.1, 0.15) is 44.6 Å². The second-order valence-electron chi connectivity index (χ2n) is 5.40. The van der Waals surface area contributed by atoms with Gasteiger partial charge < -0.3 is 9.64 Å². The molecule has 0 unspecified atom stereocenters. The molecular formula is C18H27NO2. The van der Waals surface area contributed by atoms with E-state index in [1.54, 1.807) is 6.08 Å². The lowest BCUT2D eigenvalue weighted by Crippen LogP contribution is -2.07. The van der Waals surface area contributed by atoms with Gasteiger partial charge in [-0.15, -0.1) is 0 Å². The molecule has 0 aliphatic carbocycles. The summed E-state index contributed by atoms with van der Waals surface area (Å²) < 4.78 is 5.17. The van der Waals surface area contributed by atoms with Gasteiger partial charge in [0.25, 0.3) is 0 Å². The van der Waals surface area contributed by atoms with Crippen molar-refractivity contribution in [2.24, 2.45) is 0 Å². The SMILES string of the molecule is CCCCCCCOC(=O)C=Cc1ccc(N(C)C)cc1. The summed E-state index contributed by atoms with van der Waals surface area (Å²) in [7, 11) is 4.01. The van der Waals surface area contributed by atoms with Gasteiger partial charge >= 0.3 is 5.97 Å². The van der Waals surface area contributed by atoms with Gasteiger partial charge in [-0.2, -0.15) is 0 Å². The van der Waals surface area contributed by atoms with Crippen LogP contribution < -0.4 is 4.90 Å². The Bertz CT molecular complexity index is 435. The summed E-state index contributed by atoms with van der Waals surface area (Å²) in [6.07, 6.45) is 9.09. The van der Waals surface area contributed by atoms with Crippen LogP contribution in [0, 0.1) is 0 Å². The Balaban J connectivity index is 2.27. The topological polar surface area (TPSA) is 29.5 Å². The predicted octanol–water partition coefficient (Wildman–Crippen LogP) is 4.28. The van der Waals surface area contributed by atoms with Crippen molar-refractivity contribution in [3.8, 4) is 0 Å². The molecule has 0 aliphatic heterocycles. The zero-order chi connectivity index (χ0) is 15.5. The number of carbonyl (C=O) groups is 1. The molecule has 0 heterocycles. The first kappa shape index (κ1) is 17.3. The van der Waals surface area contributed by atoms with Gasteiger partial charge in [0, 0.05) is 25.9 Å². The largest absolute Gasteiger partial charge is 0.463 e. The van der Waals surface area contributed by atoms with Crippen LogP contribution in [0.5, 0.6) is 0 Å². The fraction of sp³-hybridized carbons (Fsp3) is 0.500. The van der Waals surface area contributed by atoms with Gasteiger partial charge in [-0.05, 0) is 30.2 Å². The van der Waals surface area contributed by atoms with E-state index < -0.39 is 0 Å². The van der Waals surface area contributed by atoms with Crippen LogP contribution in [0.4, 0.5) is 5.69 Å². The molecule has 1 aromatic carbocycles. The molecule has 0 aliphatic rings. The summed E-state index contributed by atoms with van der Waals surface area (Å²) >= 11 is 0. The van der Waals surface area contributed by atoms with Crippen LogP contribution in [0.2, 0.25) is 0 Å². The molecule has 3 nitrogen and oxygen atoms in total. The fourth-order valence-electron chi connectivity index (χ4n) is 1.97. The Morgan fingerprint density at radius 3 is 2.38 bits per heavy atom. The Hall–Kier alpha value is -1.77. The van der Waals surface area contributed by atoms with Crippen molar-refractivity contribution in [2.45, 2.75) is 39.0 Å². The van der Waals surface area contributed by atoms with Crippen molar-refractivity contribution >= 4 is 17.7 Å². The van der Waals surface area contributed by atoms with Gasteiger partial charge in [0.1, 0.15) is 0 Å². The molecule has 0 atom stereocenters. The van der Waals surface area contributed by atoms with Crippen LogP contribution >= 0.6 is 0 Å². The number of ether oxygens (including phenoxy) is 1. The molecule has 0 amide bonds. The van der Waals surface area contributed by atoms with Gasteiger partial charge in [0.15, 0.2) is 0 Å². The smallest absolute Gasteiger partial charge is 0.330 e. The zero-order valence-corrected chi connectivity index (χ0v) is 13.5. The third-order valence-electron chi connectivity index (χ3n) is 3.31. The van der Waals surface area contributed by atoms with Crippen molar-refractivity contribution in [1.82, 2.24) is 0 Å². The second kappa shape index (κ2) is 10.0. The van der Waals surface area contributed by atoms with Gasteiger partial charge in [0.05, 0.1) is 6.61 Å². The third kappa shape index (κ3) is 7.54. The number of anilines is 1. The first-order chi connectivity index (χ1) is 10.1. The fourth-order valence-corrected chi connectivity index (χ4v) is 1.97. The lowest BCUT2D eigenvalue weighted by atomic mass is 10.2. The highest BCUT2D eigenvalue weighted by molar-refractivity contribution is 5.87. The number of rotatable bonds is 9. The first-order valence-corrected chi connectivity index (χ1v) is 7.75. The molecular weight excluding hydrogens is 262 g/mol. The Kier molecular flexibility index (Phi) is 8.25. The van der Waals surface area contributed by atoms with Gasteiger partial charge in [-0.3, -0.25) is 0 Å². The summed E-state index contributed by atoms with van der Waals surface area (Å²) in [6.45, 7) is 2.71. The van der Waals surface area contributed by atoms with E-state index in [0.29, 0.717) is 6.61 Å². The van der Waals surface area contributed by atoms with Crippen LogP contribution in [0.3, 0.4) is 0 Å². The second-order valence-corrected chi connectivity index (χ2v) is 5.40. The van der Waals surface area contributed by atoms with Gasteiger partial charge in [-0.1, -0.05) is 44.7 Å². The number of unbranched alkanes of at least 4 members (excludes halogenated alkanes) is 4. The normalized spacial score (nSPS) is 10.8. The highest BCUT2D eigenvalue weighted by atomic mass is 16.5. The van der Waals surface area contributed by atoms with Crippen molar-refractivity contribution in [1.29, 1.82) is 0 Å². The zero-order valence-electron chi connectivity index (χ0n) is 13.5. The lowest BCUT2D eigenvalue weighted by Gasteiger charge is -2.11. The molecule has 0 bridgehead atoms. The molecule has 1 rings (SSSR count). The minimum absolute atomic E-state index is 0.262. The van der Waals surface area contributed by atoms with Crippen molar-refractivity contribution in [3.63, 3.8) is 0 Å². The van der Waals surface area contributed by atoms with Gasteiger partial charge in [0.2, 0.25) is 0 Å². The molecule has 116 valence electrons. The molecule has 0 saturated carbocycles. The number of carbonyl (C=O) groups excluding carboxylic acids is 1. The number of esters is 1. The summed E-state index contributed by atoms with van der Waals surface area (Å²) in [5, 5.41) is 0. The summed E-state index contributed by atoms with van der Waals surface area (Å²) in [5.41, 5.74) is 2.14. The Labute approximate surface area is 128 Å². The highest BCUT2D eigenvalue weighted by Crippen LogP contribution is 2.13. The minimum atomic E-state index is -0.262. The molecule has 0 spiro atoms. The standard InChI is InChI=1S/C18H27NO2/c1-4-5-6-7-8-15-21-18(20)14-11-16-9-12-17(13-10-16)19(2)3/h9-14H,4-8,15H2,1-3H3. The molecule has 0 aromatic heterocycles. The molecule has 0 fully saturated rings. The van der Waals surface area contributed by atoms with E-state index in [9.17, 15) is 4.79 Å². The maximum absolute atomic E-state index is 11.6. The van der Waals surface area contributed by atoms with E-state index in [1.807, 2.05) is 43.3 Å². The Morgan fingerprint density at radius 2 is 1.76 bits per heavy atom. The Morgan fingerprint density at radius 1 is 1.10 bits per heavy atom. The third-order valence-corrected chi connectivity index (χ3v) is 3.31. The predicted molar refractivity (Wildman–Crippen MR) is 89.5 cm³/mol. The molecule has 0 radical (unpaired) electrons. The van der Waals surface area contributed by atoms with E-state index in [4.69, 9.17) is 4.74 Å². The van der Waals surface area contributed by atoms with Crippen LogP contribution in [-0.2, 0) is 9.53 Å². The van der Waals surface area contributed by atoms with Gasteiger partial charge in [-0.25, -0.2) is 4.79 Å². The van der Waals surface area contributed by atoms with E-state index in [1.165, 1.54) is 25.3 Å². The average molecular weight is 289 g/mol. The van der Waals surface area contributed by atoms with E-state index in [2.05, 4.69) is 6.92 Å². The molecule has 0 saturated heterocycles. The quantitative estimate of drug-likeness (QED) is 0.386. The summed E-state index contributed by atoms with van der Waals surface area (Å²) in [6, 6.07) is 8.03. The first-order valence-electron chi connectivity index (χ1n) is 7.75. The number of benzene rings is 1. The maximum Gasteiger partial charge on any atom is 0.330 e. The van der Waals surface area contributed by atoms with Crippen LogP contribution in [0.15, 0.2) is 30.3 Å². The number of hydrogen-bond donors (Lipinski definition) is 0. The molecule has 0 N–H and O–H groups in total. The van der Waals surface area contributed by atoms with Crippen LogP contribution in [-0.4, -0.2) is 26.7 Å². The van der Waals surface area contributed by atoms with E-state index in [-0.39, 0.29) is 5.97 Å². The minimum Gasteiger partial charge on any atom is -0.463 e. The summed E-state index contributed by atoms with van der Waals surface area (Å²) in [5.74, 6) is -0.262. The monoisotopic (exact) mass is 289 g/mol. The van der Waals surface area contributed by atoms with Crippen LogP contribution in [0.25, 0.3) is 6.08 Å². The number of hydrogen-bond acceptors (Lipinski definition) is 3.